The first-order chi connectivity index (χ1) is 11.7. The summed E-state index contributed by atoms with van der Waals surface area (Å²) in [7, 11) is 0. The van der Waals surface area contributed by atoms with Crippen molar-refractivity contribution in [2.45, 2.75) is 18.1 Å². The number of benzene rings is 1. The van der Waals surface area contributed by atoms with Gasteiger partial charge in [-0.2, -0.15) is 0 Å². The summed E-state index contributed by atoms with van der Waals surface area (Å²) < 4.78 is 1.97. The van der Waals surface area contributed by atoms with Gasteiger partial charge in [0.25, 0.3) is 0 Å². The van der Waals surface area contributed by atoms with Gasteiger partial charge in [-0.1, -0.05) is 42.1 Å². The fourth-order valence-electron chi connectivity index (χ4n) is 2.43. The lowest BCUT2D eigenvalue weighted by Gasteiger charge is -2.18. The zero-order valence-corrected chi connectivity index (χ0v) is 13.8. The Kier molecular flexibility index (Phi) is 4.90. The standard InChI is InChI=1S/C17H16N4O2S/c1-12(13-5-3-2-4-6-13)21-16(14-7-9-18-10-8-14)19-20-17(21)24-11-15(22)23/h2-10,12H,11H2,1H3,(H,22,23). The van der Waals surface area contributed by atoms with E-state index >= 15 is 0 Å². The molecule has 0 spiro atoms. The van der Waals surface area contributed by atoms with E-state index in [-0.39, 0.29) is 11.8 Å². The summed E-state index contributed by atoms with van der Waals surface area (Å²) in [6.07, 6.45) is 3.40. The van der Waals surface area contributed by atoms with E-state index in [1.54, 1.807) is 12.4 Å². The molecule has 7 heteroatoms. The molecule has 0 saturated carbocycles. The molecule has 2 aromatic heterocycles. The second kappa shape index (κ2) is 7.27. The lowest BCUT2D eigenvalue weighted by Crippen LogP contribution is -2.11. The number of aromatic nitrogens is 4. The summed E-state index contributed by atoms with van der Waals surface area (Å²) >= 11 is 1.17. The number of carboxylic acid groups (broad SMARTS) is 1. The fraction of sp³-hybridized carbons (Fsp3) is 0.176. The van der Waals surface area contributed by atoms with Gasteiger partial charge in [0.1, 0.15) is 0 Å². The van der Waals surface area contributed by atoms with E-state index < -0.39 is 5.97 Å². The number of hydrogen-bond donors (Lipinski definition) is 1. The average molecular weight is 340 g/mol. The van der Waals surface area contributed by atoms with Crippen LogP contribution in [0.25, 0.3) is 11.4 Å². The molecule has 2 heterocycles. The maximum atomic E-state index is 10.9. The Morgan fingerprint density at radius 3 is 2.54 bits per heavy atom. The topological polar surface area (TPSA) is 80.9 Å². The van der Waals surface area contributed by atoms with Gasteiger partial charge in [-0.05, 0) is 24.6 Å². The Morgan fingerprint density at radius 1 is 1.17 bits per heavy atom. The smallest absolute Gasteiger partial charge is 0.313 e. The molecule has 0 saturated heterocycles. The van der Waals surface area contributed by atoms with Crippen molar-refractivity contribution < 1.29 is 9.90 Å². The van der Waals surface area contributed by atoms with Crippen molar-refractivity contribution >= 4 is 17.7 Å². The zero-order chi connectivity index (χ0) is 16.9. The fourth-order valence-corrected chi connectivity index (χ4v) is 3.16. The van der Waals surface area contributed by atoms with Crippen LogP contribution in [0.1, 0.15) is 18.5 Å². The highest BCUT2D eigenvalue weighted by Gasteiger charge is 2.20. The summed E-state index contributed by atoms with van der Waals surface area (Å²) in [6, 6.07) is 13.7. The Hall–Kier alpha value is -2.67. The van der Waals surface area contributed by atoms with E-state index in [0.717, 1.165) is 11.1 Å². The molecule has 6 nitrogen and oxygen atoms in total. The number of hydrogen-bond acceptors (Lipinski definition) is 5. The van der Waals surface area contributed by atoms with Crippen molar-refractivity contribution in [2.75, 3.05) is 5.75 Å². The average Bonchev–Trinajstić information content (AvgIpc) is 3.04. The number of carbonyl (C=O) groups is 1. The monoisotopic (exact) mass is 340 g/mol. The van der Waals surface area contributed by atoms with E-state index in [1.165, 1.54) is 11.8 Å². The van der Waals surface area contributed by atoms with Crippen molar-refractivity contribution in [3.63, 3.8) is 0 Å². The zero-order valence-electron chi connectivity index (χ0n) is 13.0. The highest BCUT2D eigenvalue weighted by Crippen LogP contribution is 2.30. The van der Waals surface area contributed by atoms with Gasteiger partial charge in [-0.25, -0.2) is 0 Å². The minimum atomic E-state index is -0.882. The summed E-state index contributed by atoms with van der Waals surface area (Å²) in [5.74, 6) is -0.246. The van der Waals surface area contributed by atoms with E-state index in [4.69, 9.17) is 5.11 Å². The van der Waals surface area contributed by atoms with E-state index in [0.29, 0.717) is 11.0 Å². The maximum absolute atomic E-state index is 10.9. The minimum Gasteiger partial charge on any atom is -0.481 e. The van der Waals surface area contributed by atoms with Crippen molar-refractivity contribution in [1.82, 2.24) is 19.7 Å². The summed E-state index contributed by atoms with van der Waals surface area (Å²) in [4.78, 5) is 14.9. The van der Waals surface area contributed by atoms with E-state index in [2.05, 4.69) is 15.2 Å². The van der Waals surface area contributed by atoms with Crippen molar-refractivity contribution in [3.05, 3.63) is 60.4 Å². The molecule has 0 aliphatic rings. The van der Waals surface area contributed by atoms with Crippen LogP contribution in [0.15, 0.2) is 60.0 Å². The second-order valence-corrected chi connectivity index (χ2v) is 6.12. The molecule has 1 atom stereocenters. The van der Waals surface area contributed by atoms with Crippen molar-refractivity contribution in [3.8, 4) is 11.4 Å². The Morgan fingerprint density at radius 2 is 1.88 bits per heavy atom. The molecule has 0 radical (unpaired) electrons. The Bertz CT molecular complexity index is 821. The van der Waals surface area contributed by atoms with Gasteiger partial charge in [0.05, 0.1) is 11.8 Å². The molecule has 122 valence electrons. The maximum Gasteiger partial charge on any atom is 0.313 e. The van der Waals surface area contributed by atoms with Crippen molar-refractivity contribution in [2.24, 2.45) is 0 Å². The molecule has 3 aromatic rings. The van der Waals surface area contributed by atoms with E-state index in [1.807, 2.05) is 54.0 Å². The minimum absolute atomic E-state index is 0.0272. The van der Waals surface area contributed by atoms with Gasteiger partial charge in [0.2, 0.25) is 0 Å². The first-order valence-electron chi connectivity index (χ1n) is 7.41. The molecule has 0 aliphatic heterocycles. The van der Waals surface area contributed by atoms with Crippen LogP contribution in [-0.2, 0) is 4.79 Å². The van der Waals surface area contributed by atoms with Crippen LogP contribution in [0.5, 0.6) is 0 Å². The molecule has 3 rings (SSSR count). The van der Waals surface area contributed by atoms with Gasteiger partial charge < -0.3 is 5.11 Å². The molecule has 24 heavy (non-hydrogen) atoms. The van der Waals surface area contributed by atoms with Crippen molar-refractivity contribution in [1.29, 1.82) is 0 Å². The Balaban J connectivity index is 2.05. The highest BCUT2D eigenvalue weighted by atomic mass is 32.2. The molecular weight excluding hydrogens is 324 g/mol. The van der Waals surface area contributed by atoms with Gasteiger partial charge in [-0.15, -0.1) is 10.2 Å². The number of nitrogens with zero attached hydrogens (tertiary/aromatic N) is 4. The number of pyridine rings is 1. The first-order valence-corrected chi connectivity index (χ1v) is 8.40. The molecule has 0 fully saturated rings. The quantitative estimate of drug-likeness (QED) is 0.694. The van der Waals surface area contributed by atoms with Crippen LogP contribution in [0.3, 0.4) is 0 Å². The normalized spacial score (nSPS) is 12.0. The molecule has 0 amide bonds. The largest absolute Gasteiger partial charge is 0.481 e. The van der Waals surface area contributed by atoms with Crippen LogP contribution >= 0.6 is 11.8 Å². The van der Waals surface area contributed by atoms with Crippen LogP contribution in [0, 0.1) is 0 Å². The SMILES string of the molecule is CC(c1ccccc1)n1c(SCC(=O)O)nnc1-c1ccncc1. The number of carboxylic acids is 1. The third-order valence-corrected chi connectivity index (χ3v) is 4.52. The molecular formula is C17H16N4O2S. The summed E-state index contributed by atoms with van der Waals surface area (Å²) in [6.45, 7) is 2.05. The van der Waals surface area contributed by atoms with Crippen LogP contribution < -0.4 is 0 Å². The summed E-state index contributed by atoms with van der Waals surface area (Å²) in [5.41, 5.74) is 1.99. The predicted molar refractivity (Wildman–Crippen MR) is 91.9 cm³/mol. The third kappa shape index (κ3) is 3.46. The number of rotatable bonds is 6. The highest BCUT2D eigenvalue weighted by molar-refractivity contribution is 7.99. The summed E-state index contributed by atoms with van der Waals surface area (Å²) in [5, 5.41) is 18.0. The van der Waals surface area contributed by atoms with Gasteiger partial charge in [0, 0.05) is 18.0 Å². The molecule has 1 N–H and O–H groups in total. The lowest BCUT2D eigenvalue weighted by molar-refractivity contribution is -0.133. The number of aliphatic carboxylic acids is 1. The van der Waals surface area contributed by atoms with Gasteiger partial charge in [0.15, 0.2) is 11.0 Å². The van der Waals surface area contributed by atoms with E-state index in [9.17, 15) is 4.79 Å². The third-order valence-electron chi connectivity index (χ3n) is 3.60. The van der Waals surface area contributed by atoms with Crippen LogP contribution in [-0.4, -0.2) is 36.6 Å². The first kappa shape index (κ1) is 16.2. The molecule has 0 aliphatic carbocycles. The molecule has 0 bridgehead atoms. The van der Waals surface area contributed by atoms with Crippen LogP contribution in [0.4, 0.5) is 0 Å². The van der Waals surface area contributed by atoms with Crippen LogP contribution in [0.2, 0.25) is 0 Å². The Labute approximate surface area is 143 Å². The van der Waals surface area contributed by atoms with Gasteiger partial charge in [-0.3, -0.25) is 14.3 Å². The van der Waals surface area contributed by atoms with Gasteiger partial charge >= 0.3 is 5.97 Å². The molecule has 1 aromatic carbocycles. The lowest BCUT2D eigenvalue weighted by atomic mass is 10.1. The second-order valence-electron chi connectivity index (χ2n) is 5.18. The predicted octanol–water partition coefficient (Wildman–Crippen LogP) is 3.13. The number of thioether (sulfide) groups is 1. The molecule has 1 unspecified atom stereocenters.